The number of aromatic nitrogens is 3. The summed E-state index contributed by atoms with van der Waals surface area (Å²) < 4.78 is 25.8. The molecule has 0 bridgehead atoms. The zero-order valence-electron chi connectivity index (χ0n) is 9.28. The van der Waals surface area contributed by atoms with Gasteiger partial charge in [-0.1, -0.05) is 0 Å². The Hall–Kier alpha value is -1.77. The summed E-state index contributed by atoms with van der Waals surface area (Å²) in [4.78, 5) is 7.73. The third-order valence-corrected chi connectivity index (χ3v) is 2.79. The molecule has 0 unspecified atom stereocenters. The molecule has 1 fully saturated rings. The molecule has 8 heteroatoms. The van der Waals surface area contributed by atoms with Crippen molar-refractivity contribution in [1.29, 1.82) is 0 Å². The van der Waals surface area contributed by atoms with E-state index in [4.69, 9.17) is 20.3 Å². The maximum Gasteiger partial charge on any atom is 0.183 e. The first-order valence-corrected chi connectivity index (χ1v) is 5.35. The molecule has 3 N–H and O–H groups in total. The molecule has 1 aliphatic heterocycles. The largest absolute Gasteiger partial charge is 0.391 e. The first-order chi connectivity index (χ1) is 8.70. The smallest absolute Gasteiger partial charge is 0.183 e. The van der Waals surface area contributed by atoms with Gasteiger partial charge in [0.15, 0.2) is 24.0 Å². The molecule has 0 amide bonds. The number of anilines is 1. The van der Waals surface area contributed by atoms with Crippen molar-refractivity contribution in [2.75, 3.05) is 18.9 Å². The van der Waals surface area contributed by atoms with E-state index in [2.05, 4.69) is 9.97 Å². The minimum Gasteiger partial charge on any atom is -0.391 e. The molecule has 7 nitrogen and oxygen atoms in total. The molecule has 3 heterocycles. The summed E-state index contributed by atoms with van der Waals surface area (Å²) in [6.45, 7) is -0.0480. The van der Waals surface area contributed by atoms with Crippen LogP contribution in [0.15, 0.2) is 12.5 Å². The quantitative estimate of drug-likeness (QED) is 0.784. The van der Waals surface area contributed by atoms with Crippen LogP contribution in [0, 0.1) is 5.82 Å². The fourth-order valence-corrected chi connectivity index (χ4v) is 1.97. The molecule has 2 atom stereocenters. The average molecular weight is 254 g/mol. The standard InChI is InChI=1S/C10H11FN4O3/c11-5-1-15(6-3-17-7(2-16)18-6)10-8(5)9(12)13-4-14-10/h1,4,6-7,16H,2-3H2,(H2,12,13,14)/t6-,7-/m1/s1. The predicted octanol–water partition coefficient (Wildman–Crippen LogP) is 0.0164. The van der Waals surface area contributed by atoms with Gasteiger partial charge in [0.05, 0.1) is 18.6 Å². The summed E-state index contributed by atoms with van der Waals surface area (Å²) in [6.07, 6.45) is 1.26. The average Bonchev–Trinajstić information content (AvgIpc) is 2.94. The summed E-state index contributed by atoms with van der Waals surface area (Å²) >= 11 is 0. The van der Waals surface area contributed by atoms with Crippen LogP contribution in [0.4, 0.5) is 10.2 Å². The molecular weight excluding hydrogens is 243 g/mol. The van der Waals surface area contributed by atoms with E-state index in [0.717, 1.165) is 0 Å². The number of aliphatic hydroxyl groups excluding tert-OH is 1. The number of fused-ring (bicyclic) bond motifs is 1. The summed E-state index contributed by atoms with van der Waals surface area (Å²) in [6, 6.07) is 0. The van der Waals surface area contributed by atoms with Crippen molar-refractivity contribution in [2.24, 2.45) is 0 Å². The highest BCUT2D eigenvalue weighted by Gasteiger charge is 2.29. The van der Waals surface area contributed by atoms with Crippen molar-refractivity contribution < 1.29 is 19.0 Å². The molecule has 1 saturated heterocycles. The molecule has 2 aromatic rings. The van der Waals surface area contributed by atoms with Crippen molar-refractivity contribution in [3.05, 3.63) is 18.3 Å². The van der Waals surface area contributed by atoms with Crippen LogP contribution in [0.5, 0.6) is 0 Å². The zero-order chi connectivity index (χ0) is 12.7. The van der Waals surface area contributed by atoms with E-state index >= 15 is 0 Å². The predicted molar refractivity (Wildman–Crippen MR) is 58.8 cm³/mol. The number of hydrogen-bond donors (Lipinski definition) is 2. The molecular formula is C10H11FN4O3. The van der Waals surface area contributed by atoms with E-state index in [9.17, 15) is 4.39 Å². The first kappa shape index (κ1) is 11.3. The van der Waals surface area contributed by atoms with Gasteiger partial charge in [-0.25, -0.2) is 14.4 Å². The van der Waals surface area contributed by atoms with Gasteiger partial charge in [0, 0.05) is 6.20 Å². The van der Waals surface area contributed by atoms with Gasteiger partial charge >= 0.3 is 0 Å². The Kier molecular flexibility index (Phi) is 2.62. The Labute approximate surface area is 101 Å². The Bertz CT molecular complexity index is 588. The second kappa shape index (κ2) is 4.16. The van der Waals surface area contributed by atoms with Crippen molar-refractivity contribution in [1.82, 2.24) is 14.5 Å². The van der Waals surface area contributed by atoms with E-state index in [1.165, 1.54) is 17.1 Å². The second-order valence-electron chi connectivity index (χ2n) is 3.88. The van der Waals surface area contributed by atoms with Crippen LogP contribution in [-0.4, -0.2) is 39.1 Å². The number of hydrogen-bond acceptors (Lipinski definition) is 6. The minimum absolute atomic E-state index is 0.0777. The van der Waals surface area contributed by atoms with Gasteiger partial charge in [-0.3, -0.25) is 0 Å². The molecule has 18 heavy (non-hydrogen) atoms. The van der Waals surface area contributed by atoms with Crippen LogP contribution < -0.4 is 5.73 Å². The van der Waals surface area contributed by atoms with Gasteiger partial charge in [-0.15, -0.1) is 0 Å². The lowest BCUT2D eigenvalue weighted by molar-refractivity contribution is -0.0980. The molecule has 0 radical (unpaired) electrons. The summed E-state index contributed by atoms with van der Waals surface area (Å²) in [5, 5.41) is 9.08. The van der Waals surface area contributed by atoms with E-state index in [1.807, 2.05) is 0 Å². The van der Waals surface area contributed by atoms with Gasteiger partial charge in [0.1, 0.15) is 12.1 Å². The molecule has 0 aliphatic carbocycles. The number of ether oxygens (including phenoxy) is 2. The lowest BCUT2D eigenvalue weighted by Crippen LogP contribution is -2.15. The third-order valence-electron chi connectivity index (χ3n) is 2.79. The number of nitrogen functional groups attached to an aromatic ring is 1. The van der Waals surface area contributed by atoms with Crippen LogP contribution in [-0.2, 0) is 9.47 Å². The van der Waals surface area contributed by atoms with Gasteiger partial charge < -0.3 is 24.9 Å². The molecule has 1 aliphatic rings. The molecule has 0 aromatic carbocycles. The van der Waals surface area contributed by atoms with Gasteiger partial charge in [-0.05, 0) is 0 Å². The Morgan fingerprint density at radius 2 is 2.39 bits per heavy atom. The van der Waals surface area contributed by atoms with Crippen molar-refractivity contribution in [3.63, 3.8) is 0 Å². The first-order valence-electron chi connectivity index (χ1n) is 5.35. The molecule has 2 aromatic heterocycles. The summed E-state index contributed by atoms with van der Waals surface area (Å²) in [5.74, 6) is -0.437. The molecule has 3 rings (SSSR count). The lowest BCUT2D eigenvalue weighted by Gasteiger charge is -2.11. The topological polar surface area (TPSA) is 95.4 Å². The van der Waals surface area contributed by atoms with Crippen molar-refractivity contribution >= 4 is 16.9 Å². The maximum absolute atomic E-state index is 13.8. The van der Waals surface area contributed by atoms with Gasteiger partial charge in [0.2, 0.25) is 0 Å². The van der Waals surface area contributed by atoms with Crippen LogP contribution in [0.2, 0.25) is 0 Å². The van der Waals surface area contributed by atoms with Crippen molar-refractivity contribution in [2.45, 2.75) is 12.5 Å². The highest BCUT2D eigenvalue weighted by Crippen LogP contribution is 2.29. The van der Waals surface area contributed by atoms with Crippen LogP contribution >= 0.6 is 0 Å². The molecule has 0 saturated carbocycles. The summed E-state index contributed by atoms with van der Waals surface area (Å²) in [7, 11) is 0. The maximum atomic E-state index is 13.8. The monoisotopic (exact) mass is 254 g/mol. The van der Waals surface area contributed by atoms with Crippen LogP contribution in [0.3, 0.4) is 0 Å². The minimum atomic E-state index is -0.699. The summed E-state index contributed by atoms with van der Waals surface area (Å²) in [5.41, 5.74) is 5.95. The van der Waals surface area contributed by atoms with Gasteiger partial charge in [0.25, 0.3) is 0 Å². The van der Waals surface area contributed by atoms with E-state index in [1.54, 1.807) is 0 Å². The third kappa shape index (κ3) is 1.62. The van der Waals surface area contributed by atoms with Crippen molar-refractivity contribution in [3.8, 4) is 0 Å². The highest BCUT2D eigenvalue weighted by atomic mass is 19.1. The highest BCUT2D eigenvalue weighted by molar-refractivity contribution is 5.86. The SMILES string of the molecule is Nc1ncnc2c1c(F)cn2[C@H]1CO[C@@H](CO)O1. The fraction of sp³-hybridized carbons (Fsp3) is 0.400. The lowest BCUT2D eigenvalue weighted by atomic mass is 10.4. The van der Waals surface area contributed by atoms with E-state index < -0.39 is 18.3 Å². The Morgan fingerprint density at radius 1 is 1.56 bits per heavy atom. The number of aliphatic hydroxyl groups is 1. The molecule has 0 spiro atoms. The fourth-order valence-electron chi connectivity index (χ4n) is 1.97. The Balaban J connectivity index is 2.06. The van der Waals surface area contributed by atoms with Gasteiger partial charge in [-0.2, -0.15) is 0 Å². The molecule has 96 valence electrons. The normalized spacial score (nSPS) is 23.9. The number of nitrogens with two attached hydrogens (primary N) is 1. The van der Waals surface area contributed by atoms with E-state index in [0.29, 0.717) is 5.65 Å². The second-order valence-corrected chi connectivity index (χ2v) is 3.88. The Morgan fingerprint density at radius 3 is 3.11 bits per heavy atom. The van der Waals surface area contributed by atoms with E-state index in [-0.39, 0.29) is 24.4 Å². The number of rotatable bonds is 2. The van der Waals surface area contributed by atoms with Crippen LogP contribution in [0.1, 0.15) is 6.23 Å². The number of nitrogens with zero attached hydrogens (tertiary/aromatic N) is 3. The number of halogens is 1. The van der Waals surface area contributed by atoms with Crippen LogP contribution in [0.25, 0.3) is 11.0 Å². The zero-order valence-corrected chi connectivity index (χ0v) is 9.28.